The lowest BCUT2D eigenvalue weighted by atomic mass is 9.82. The third-order valence-corrected chi connectivity index (χ3v) is 4.47. The Balaban J connectivity index is 2.24. The van der Waals surface area contributed by atoms with Crippen LogP contribution in [-0.4, -0.2) is 31.6 Å². The Kier molecular flexibility index (Phi) is 5.34. The lowest BCUT2D eigenvalue weighted by molar-refractivity contribution is -0.141. The van der Waals surface area contributed by atoms with Gasteiger partial charge in [-0.3, -0.25) is 14.4 Å². The number of carbonyl (C=O) groups is 3. The van der Waals surface area contributed by atoms with Crippen molar-refractivity contribution in [1.29, 1.82) is 0 Å². The van der Waals surface area contributed by atoms with E-state index in [0.29, 0.717) is 40.8 Å². The molecule has 1 aliphatic carbocycles. The summed E-state index contributed by atoms with van der Waals surface area (Å²) in [6, 6.07) is 3.38. The number of benzene rings is 1. The summed E-state index contributed by atoms with van der Waals surface area (Å²) in [5.41, 5.74) is 0.661. The number of hydrogen-bond donors (Lipinski definition) is 0. The standard InChI is InChI=1S/C16H17BrO5/c1-21-14-7-9(10(17)8-15(14)22-2)6-13(20)16-11(18)4-3-5-12(16)19/h7-8,16H,3-6H2,1-2H3. The van der Waals surface area contributed by atoms with Gasteiger partial charge >= 0.3 is 0 Å². The lowest BCUT2D eigenvalue weighted by Crippen LogP contribution is -2.36. The molecule has 0 heterocycles. The van der Waals surface area contributed by atoms with E-state index in [1.54, 1.807) is 12.1 Å². The van der Waals surface area contributed by atoms with Crippen LogP contribution in [0.1, 0.15) is 24.8 Å². The molecule has 0 saturated heterocycles. The van der Waals surface area contributed by atoms with Crippen LogP contribution < -0.4 is 9.47 Å². The molecule has 0 aliphatic heterocycles. The fourth-order valence-electron chi connectivity index (χ4n) is 2.59. The molecule has 0 amide bonds. The first-order valence-corrected chi connectivity index (χ1v) is 7.75. The Morgan fingerprint density at radius 1 is 1.14 bits per heavy atom. The molecule has 5 nitrogen and oxygen atoms in total. The fourth-order valence-corrected chi connectivity index (χ4v) is 3.05. The van der Waals surface area contributed by atoms with E-state index >= 15 is 0 Å². The number of ether oxygens (including phenoxy) is 2. The molecule has 1 fully saturated rings. The fraction of sp³-hybridized carbons (Fsp3) is 0.438. The van der Waals surface area contributed by atoms with Gasteiger partial charge in [0.2, 0.25) is 0 Å². The molecule has 0 radical (unpaired) electrons. The van der Waals surface area contributed by atoms with Crippen molar-refractivity contribution in [2.24, 2.45) is 5.92 Å². The second-order valence-electron chi connectivity index (χ2n) is 5.16. The molecule has 1 aliphatic rings. The summed E-state index contributed by atoms with van der Waals surface area (Å²) >= 11 is 3.38. The maximum atomic E-state index is 12.4. The monoisotopic (exact) mass is 368 g/mol. The largest absolute Gasteiger partial charge is 0.493 e. The Bertz CT molecular complexity index is 607. The van der Waals surface area contributed by atoms with Gasteiger partial charge in [0, 0.05) is 23.7 Å². The molecule has 0 spiro atoms. The molecule has 0 N–H and O–H groups in total. The van der Waals surface area contributed by atoms with Gasteiger partial charge in [0.1, 0.15) is 5.92 Å². The zero-order chi connectivity index (χ0) is 16.3. The van der Waals surface area contributed by atoms with Gasteiger partial charge in [0.25, 0.3) is 0 Å². The number of rotatable bonds is 5. The molecule has 1 aromatic carbocycles. The summed E-state index contributed by atoms with van der Waals surface area (Å²) in [4.78, 5) is 36.1. The number of halogens is 1. The molecule has 1 aromatic rings. The lowest BCUT2D eigenvalue weighted by Gasteiger charge is -2.19. The molecule has 0 aromatic heterocycles. The average molecular weight is 369 g/mol. The van der Waals surface area contributed by atoms with E-state index in [0.717, 1.165) is 0 Å². The van der Waals surface area contributed by atoms with Crippen LogP contribution in [0.4, 0.5) is 0 Å². The first-order chi connectivity index (χ1) is 10.5. The summed E-state index contributed by atoms with van der Waals surface area (Å²) in [5.74, 6) is -0.961. The smallest absolute Gasteiger partial charge is 0.161 e. The molecule has 0 unspecified atom stereocenters. The van der Waals surface area contributed by atoms with E-state index in [9.17, 15) is 14.4 Å². The van der Waals surface area contributed by atoms with Crippen molar-refractivity contribution in [3.05, 3.63) is 22.2 Å². The van der Waals surface area contributed by atoms with Crippen LogP contribution in [0.15, 0.2) is 16.6 Å². The average Bonchev–Trinajstić information content (AvgIpc) is 2.48. The van der Waals surface area contributed by atoms with Gasteiger partial charge in [-0.1, -0.05) is 15.9 Å². The highest BCUT2D eigenvalue weighted by molar-refractivity contribution is 9.10. The van der Waals surface area contributed by atoms with Crippen LogP contribution in [0.25, 0.3) is 0 Å². The maximum absolute atomic E-state index is 12.4. The SMILES string of the molecule is COc1cc(Br)c(CC(=O)C2C(=O)CCCC2=O)cc1OC. The quantitative estimate of drug-likeness (QED) is 0.746. The minimum Gasteiger partial charge on any atom is -0.493 e. The maximum Gasteiger partial charge on any atom is 0.161 e. The van der Waals surface area contributed by atoms with Gasteiger partial charge in [-0.05, 0) is 24.1 Å². The van der Waals surface area contributed by atoms with Crippen LogP contribution >= 0.6 is 15.9 Å². The van der Waals surface area contributed by atoms with Crippen molar-refractivity contribution in [1.82, 2.24) is 0 Å². The first-order valence-electron chi connectivity index (χ1n) is 6.96. The van der Waals surface area contributed by atoms with Crippen LogP contribution in [0, 0.1) is 5.92 Å². The number of carbonyl (C=O) groups excluding carboxylic acids is 3. The van der Waals surface area contributed by atoms with E-state index in [4.69, 9.17) is 9.47 Å². The minimum atomic E-state index is -1.10. The minimum absolute atomic E-state index is 0.00306. The number of methoxy groups -OCH3 is 2. The molecule has 6 heteroatoms. The molecule has 1 saturated carbocycles. The molecular formula is C16H17BrO5. The summed E-state index contributed by atoms with van der Waals surface area (Å²) in [6.45, 7) is 0. The van der Waals surface area contributed by atoms with E-state index in [2.05, 4.69) is 15.9 Å². The molecule has 0 atom stereocenters. The summed E-state index contributed by atoms with van der Waals surface area (Å²) < 4.78 is 11.1. The van der Waals surface area contributed by atoms with E-state index in [1.807, 2.05) is 0 Å². The Morgan fingerprint density at radius 3 is 2.23 bits per heavy atom. The zero-order valence-corrected chi connectivity index (χ0v) is 14.1. The van der Waals surface area contributed by atoms with Gasteiger partial charge in [-0.15, -0.1) is 0 Å². The third-order valence-electron chi connectivity index (χ3n) is 3.73. The van der Waals surface area contributed by atoms with E-state index in [1.165, 1.54) is 14.2 Å². The summed E-state index contributed by atoms with van der Waals surface area (Å²) in [6.07, 6.45) is 1.15. The van der Waals surface area contributed by atoms with Crippen molar-refractivity contribution in [2.75, 3.05) is 14.2 Å². The Morgan fingerprint density at radius 2 is 1.68 bits per heavy atom. The van der Waals surface area contributed by atoms with Crippen molar-refractivity contribution >= 4 is 33.3 Å². The summed E-state index contributed by atoms with van der Waals surface area (Å²) in [5, 5.41) is 0. The molecular weight excluding hydrogens is 352 g/mol. The molecule has 22 heavy (non-hydrogen) atoms. The predicted molar refractivity (Wildman–Crippen MR) is 83.3 cm³/mol. The topological polar surface area (TPSA) is 69.7 Å². The van der Waals surface area contributed by atoms with Gasteiger partial charge in [0.05, 0.1) is 14.2 Å². The van der Waals surface area contributed by atoms with Crippen LogP contribution in [0.2, 0.25) is 0 Å². The van der Waals surface area contributed by atoms with Gasteiger partial charge in [-0.25, -0.2) is 0 Å². The van der Waals surface area contributed by atoms with E-state index in [-0.39, 0.29) is 23.8 Å². The van der Waals surface area contributed by atoms with Gasteiger partial charge < -0.3 is 9.47 Å². The molecule has 0 bridgehead atoms. The third kappa shape index (κ3) is 3.38. The Hall–Kier alpha value is -1.69. The number of ketones is 3. The van der Waals surface area contributed by atoms with Gasteiger partial charge in [0.15, 0.2) is 28.8 Å². The summed E-state index contributed by atoms with van der Waals surface area (Å²) in [7, 11) is 3.03. The highest BCUT2D eigenvalue weighted by Crippen LogP contribution is 2.34. The van der Waals surface area contributed by atoms with Crippen molar-refractivity contribution in [3.8, 4) is 11.5 Å². The normalized spacial score (nSPS) is 15.8. The first kappa shape index (κ1) is 16.7. The van der Waals surface area contributed by atoms with Crippen molar-refractivity contribution in [2.45, 2.75) is 25.7 Å². The van der Waals surface area contributed by atoms with Crippen molar-refractivity contribution in [3.63, 3.8) is 0 Å². The highest BCUT2D eigenvalue weighted by atomic mass is 79.9. The van der Waals surface area contributed by atoms with Crippen LogP contribution in [0.5, 0.6) is 11.5 Å². The van der Waals surface area contributed by atoms with Crippen LogP contribution in [0.3, 0.4) is 0 Å². The van der Waals surface area contributed by atoms with Crippen molar-refractivity contribution < 1.29 is 23.9 Å². The second-order valence-corrected chi connectivity index (χ2v) is 6.02. The zero-order valence-electron chi connectivity index (χ0n) is 12.5. The highest BCUT2D eigenvalue weighted by Gasteiger charge is 2.35. The second kappa shape index (κ2) is 7.05. The van der Waals surface area contributed by atoms with E-state index < -0.39 is 5.92 Å². The van der Waals surface area contributed by atoms with Crippen LogP contribution in [-0.2, 0) is 20.8 Å². The van der Waals surface area contributed by atoms with Gasteiger partial charge in [-0.2, -0.15) is 0 Å². The molecule has 2 rings (SSSR count). The predicted octanol–water partition coefficient (Wildman–Crippen LogP) is 2.52. The molecule has 118 valence electrons. The number of Topliss-reactive ketones (excluding diaryl/α,β-unsaturated/α-hetero) is 3. The number of hydrogen-bond acceptors (Lipinski definition) is 5. The Labute approximate surface area is 137 Å².